The summed E-state index contributed by atoms with van der Waals surface area (Å²) < 4.78 is 0. The number of amides is 1. The first-order valence-corrected chi connectivity index (χ1v) is 7.40. The van der Waals surface area contributed by atoms with Crippen molar-refractivity contribution in [1.82, 2.24) is 4.90 Å². The molecule has 112 valence electrons. The van der Waals surface area contributed by atoms with E-state index >= 15 is 0 Å². The summed E-state index contributed by atoms with van der Waals surface area (Å²) in [7, 11) is 0. The second-order valence-corrected chi connectivity index (χ2v) is 5.73. The van der Waals surface area contributed by atoms with Crippen LogP contribution in [0.2, 0.25) is 0 Å². The molecule has 0 bridgehead atoms. The largest absolute Gasteiger partial charge is 0.465 e. The maximum Gasteiger partial charge on any atom is 0.407 e. The van der Waals surface area contributed by atoms with Crippen molar-refractivity contribution in [3.05, 3.63) is 84.4 Å². The van der Waals surface area contributed by atoms with Crippen LogP contribution in [0, 0.1) is 0 Å². The third kappa shape index (κ3) is 2.29. The number of hydrogen-bond donors (Lipinski definition) is 1. The van der Waals surface area contributed by atoms with E-state index in [0.29, 0.717) is 6.54 Å². The second kappa shape index (κ2) is 5.68. The summed E-state index contributed by atoms with van der Waals surface area (Å²) in [4.78, 5) is 13.1. The minimum absolute atomic E-state index is 0.169. The molecule has 1 atom stereocenters. The molecule has 1 heterocycles. The molecule has 3 rings (SSSR count). The van der Waals surface area contributed by atoms with Crippen LogP contribution in [0.3, 0.4) is 0 Å². The van der Waals surface area contributed by atoms with Crippen molar-refractivity contribution >= 4 is 6.09 Å². The molecular weight excluding hydrogens is 274 g/mol. The number of likely N-dealkylation sites (tertiary alicyclic amines) is 1. The van der Waals surface area contributed by atoms with Crippen molar-refractivity contribution in [2.75, 3.05) is 6.54 Å². The van der Waals surface area contributed by atoms with E-state index in [2.05, 4.69) is 30.8 Å². The first kappa shape index (κ1) is 14.4. The van der Waals surface area contributed by atoms with Gasteiger partial charge in [0.1, 0.15) is 0 Å². The predicted octanol–water partition coefficient (Wildman–Crippen LogP) is 3.91. The van der Waals surface area contributed by atoms with E-state index in [1.165, 1.54) is 4.90 Å². The quantitative estimate of drug-likeness (QED) is 0.872. The first-order valence-electron chi connectivity index (χ1n) is 7.40. The van der Waals surface area contributed by atoms with Gasteiger partial charge in [0.15, 0.2) is 0 Å². The lowest BCUT2D eigenvalue weighted by Crippen LogP contribution is -2.36. The van der Waals surface area contributed by atoms with E-state index in [1.54, 1.807) is 6.08 Å². The zero-order valence-corrected chi connectivity index (χ0v) is 12.4. The summed E-state index contributed by atoms with van der Waals surface area (Å²) in [6, 6.07) is 20.2. The standard InChI is InChI=1S/C19H19NO2/c1-2-17-13-19(14-20(17)18(21)22,15-9-5-3-6-10-15)16-11-7-4-8-12-16/h2-12,17H,1,13-14H2,(H,21,22). The van der Waals surface area contributed by atoms with Crippen LogP contribution in [0.5, 0.6) is 0 Å². The SMILES string of the molecule is C=CC1CC(c2ccccc2)(c2ccccc2)CN1C(=O)O. The van der Waals surface area contributed by atoms with Crippen molar-refractivity contribution in [2.24, 2.45) is 0 Å². The second-order valence-electron chi connectivity index (χ2n) is 5.73. The van der Waals surface area contributed by atoms with Crippen LogP contribution in [0.25, 0.3) is 0 Å². The summed E-state index contributed by atoms with van der Waals surface area (Å²) in [6.45, 7) is 4.27. The van der Waals surface area contributed by atoms with Gasteiger partial charge < -0.3 is 10.0 Å². The molecule has 0 spiro atoms. The molecule has 0 saturated carbocycles. The van der Waals surface area contributed by atoms with E-state index < -0.39 is 6.09 Å². The molecule has 1 saturated heterocycles. The van der Waals surface area contributed by atoms with E-state index in [4.69, 9.17) is 0 Å². The van der Waals surface area contributed by atoms with Crippen LogP contribution in [-0.4, -0.2) is 28.7 Å². The Balaban J connectivity index is 2.14. The molecule has 1 N–H and O–H groups in total. The zero-order chi connectivity index (χ0) is 15.6. The Morgan fingerprint density at radius 1 is 1.09 bits per heavy atom. The molecule has 1 fully saturated rings. The number of carboxylic acid groups (broad SMARTS) is 1. The average Bonchev–Trinajstić information content (AvgIpc) is 2.98. The van der Waals surface area contributed by atoms with Gasteiger partial charge in [-0.1, -0.05) is 66.7 Å². The molecule has 2 aromatic carbocycles. The molecule has 22 heavy (non-hydrogen) atoms. The first-order chi connectivity index (χ1) is 10.7. The summed E-state index contributed by atoms with van der Waals surface area (Å²) in [5, 5.41) is 9.52. The molecule has 0 aromatic heterocycles. The molecule has 1 aliphatic heterocycles. The Labute approximate surface area is 130 Å². The lowest BCUT2D eigenvalue weighted by atomic mass is 9.73. The topological polar surface area (TPSA) is 40.5 Å². The van der Waals surface area contributed by atoms with Gasteiger partial charge in [-0.25, -0.2) is 4.79 Å². The Kier molecular flexibility index (Phi) is 3.72. The highest BCUT2D eigenvalue weighted by molar-refractivity contribution is 5.67. The molecule has 0 aliphatic carbocycles. The Hall–Kier alpha value is -2.55. The van der Waals surface area contributed by atoms with Gasteiger partial charge in [-0.15, -0.1) is 6.58 Å². The van der Waals surface area contributed by atoms with Crippen molar-refractivity contribution in [1.29, 1.82) is 0 Å². The summed E-state index contributed by atoms with van der Waals surface area (Å²) in [5.41, 5.74) is 1.98. The minimum atomic E-state index is -0.890. The molecule has 3 nitrogen and oxygen atoms in total. The number of nitrogens with zero attached hydrogens (tertiary/aromatic N) is 1. The highest BCUT2D eigenvalue weighted by Crippen LogP contribution is 2.43. The van der Waals surface area contributed by atoms with Gasteiger partial charge in [0.25, 0.3) is 0 Å². The lowest BCUT2D eigenvalue weighted by molar-refractivity contribution is 0.146. The van der Waals surface area contributed by atoms with Crippen molar-refractivity contribution in [3.63, 3.8) is 0 Å². The fourth-order valence-corrected chi connectivity index (χ4v) is 3.46. The van der Waals surface area contributed by atoms with Gasteiger partial charge in [-0.2, -0.15) is 0 Å². The average molecular weight is 293 g/mol. The van der Waals surface area contributed by atoms with Gasteiger partial charge in [0.05, 0.1) is 6.04 Å². The predicted molar refractivity (Wildman–Crippen MR) is 87.0 cm³/mol. The van der Waals surface area contributed by atoms with Crippen molar-refractivity contribution < 1.29 is 9.90 Å². The van der Waals surface area contributed by atoms with E-state index in [0.717, 1.165) is 17.5 Å². The maximum atomic E-state index is 11.6. The zero-order valence-electron chi connectivity index (χ0n) is 12.4. The van der Waals surface area contributed by atoms with Gasteiger partial charge in [0.2, 0.25) is 0 Å². The molecule has 2 aromatic rings. The third-order valence-corrected chi connectivity index (χ3v) is 4.57. The molecule has 0 radical (unpaired) electrons. The molecule has 3 heteroatoms. The smallest absolute Gasteiger partial charge is 0.407 e. The number of carbonyl (C=O) groups is 1. The maximum absolute atomic E-state index is 11.6. The van der Waals surface area contributed by atoms with Crippen LogP contribution in [0.1, 0.15) is 17.5 Å². The van der Waals surface area contributed by atoms with Gasteiger partial charge >= 0.3 is 6.09 Å². The summed E-state index contributed by atoms with van der Waals surface area (Å²) in [5.74, 6) is 0. The van der Waals surface area contributed by atoms with Crippen molar-refractivity contribution in [3.8, 4) is 0 Å². The Morgan fingerprint density at radius 2 is 1.59 bits per heavy atom. The fourth-order valence-electron chi connectivity index (χ4n) is 3.46. The van der Waals surface area contributed by atoms with Crippen LogP contribution in [-0.2, 0) is 5.41 Å². The molecule has 1 amide bonds. The van der Waals surface area contributed by atoms with Crippen molar-refractivity contribution in [2.45, 2.75) is 17.9 Å². The normalized spacial score (nSPS) is 19.8. The van der Waals surface area contributed by atoms with Crippen LogP contribution in [0.15, 0.2) is 73.3 Å². The molecule has 1 unspecified atom stereocenters. The summed E-state index contributed by atoms with van der Waals surface area (Å²) in [6.07, 6.45) is 1.57. The number of benzene rings is 2. The van der Waals surface area contributed by atoms with Crippen LogP contribution < -0.4 is 0 Å². The molecule has 1 aliphatic rings. The number of rotatable bonds is 3. The summed E-state index contributed by atoms with van der Waals surface area (Å²) >= 11 is 0. The van der Waals surface area contributed by atoms with Gasteiger partial charge in [-0.3, -0.25) is 0 Å². The molecular formula is C19H19NO2. The van der Waals surface area contributed by atoms with Crippen LogP contribution in [0.4, 0.5) is 4.79 Å². The minimum Gasteiger partial charge on any atom is -0.465 e. The van der Waals surface area contributed by atoms with Gasteiger partial charge in [0, 0.05) is 12.0 Å². The Morgan fingerprint density at radius 3 is 1.95 bits per heavy atom. The fraction of sp³-hybridized carbons (Fsp3) is 0.211. The highest BCUT2D eigenvalue weighted by atomic mass is 16.4. The number of hydrogen-bond acceptors (Lipinski definition) is 1. The van der Waals surface area contributed by atoms with Gasteiger partial charge in [-0.05, 0) is 17.5 Å². The third-order valence-electron chi connectivity index (χ3n) is 4.57. The monoisotopic (exact) mass is 293 g/mol. The highest BCUT2D eigenvalue weighted by Gasteiger charge is 2.47. The van der Waals surface area contributed by atoms with Crippen LogP contribution >= 0.6 is 0 Å². The van der Waals surface area contributed by atoms with E-state index in [-0.39, 0.29) is 11.5 Å². The van der Waals surface area contributed by atoms with E-state index in [9.17, 15) is 9.90 Å². The Bertz CT molecular complexity index is 627. The lowest BCUT2D eigenvalue weighted by Gasteiger charge is -2.30. The van der Waals surface area contributed by atoms with E-state index in [1.807, 2.05) is 36.4 Å².